The molecule has 0 atom stereocenters. The molecular weight excluding hydrogens is 172 g/mol. The number of aliphatic hydroxyl groups excluding tert-OH is 1. The fourth-order valence-electron chi connectivity index (χ4n) is 1.03. The summed E-state index contributed by atoms with van der Waals surface area (Å²) >= 11 is 0. The minimum Gasteiger partial charge on any atom is -0.395 e. The first-order chi connectivity index (χ1) is 6.33. The Bertz CT molecular complexity index is 261. The second-order valence-electron chi connectivity index (χ2n) is 2.39. The van der Waals surface area contributed by atoms with Crippen LogP contribution in [0.25, 0.3) is 0 Å². The van der Waals surface area contributed by atoms with Gasteiger partial charge in [-0.05, 0) is 0 Å². The summed E-state index contributed by atoms with van der Waals surface area (Å²) in [5.74, 6) is 0.450. The third-order valence-corrected chi connectivity index (χ3v) is 1.60. The highest BCUT2D eigenvalue weighted by atomic mass is 16.3. The van der Waals surface area contributed by atoms with Crippen molar-refractivity contribution in [2.45, 2.75) is 6.54 Å². The lowest BCUT2D eigenvalue weighted by Crippen LogP contribution is -2.13. The summed E-state index contributed by atoms with van der Waals surface area (Å²) < 4.78 is 1.56. The van der Waals surface area contributed by atoms with Crippen LogP contribution in [-0.4, -0.2) is 34.2 Å². The van der Waals surface area contributed by atoms with Crippen molar-refractivity contribution in [1.29, 1.82) is 0 Å². The second kappa shape index (κ2) is 4.58. The Morgan fingerprint density at radius 2 is 2.54 bits per heavy atom. The molecule has 4 N–H and O–H groups in total. The molecule has 1 heterocycles. The van der Waals surface area contributed by atoms with Gasteiger partial charge in [-0.2, -0.15) is 0 Å². The van der Waals surface area contributed by atoms with E-state index in [4.69, 9.17) is 10.8 Å². The van der Waals surface area contributed by atoms with Gasteiger partial charge in [0.15, 0.2) is 12.1 Å². The van der Waals surface area contributed by atoms with Crippen molar-refractivity contribution < 1.29 is 9.90 Å². The van der Waals surface area contributed by atoms with E-state index in [0.717, 1.165) is 0 Å². The van der Waals surface area contributed by atoms with E-state index < -0.39 is 0 Å². The molecule has 0 fully saturated rings. The van der Waals surface area contributed by atoms with E-state index in [-0.39, 0.29) is 13.3 Å². The number of hydrogen-bond donors (Lipinski definition) is 3. The summed E-state index contributed by atoms with van der Waals surface area (Å²) in [6.07, 6.45) is 2.17. The van der Waals surface area contributed by atoms with Crippen LogP contribution in [0.3, 0.4) is 0 Å². The van der Waals surface area contributed by atoms with E-state index in [1.807, 2.05) is 0 Å². The number of rotatable bonds is 5. The van der Waals surface area contributed by atoms with E-state index in [9.17, 15) is 4.79 Å². The maximum atomic E-state index is 10.6. The SMILES string of the molecule is NCNc1ncn(CCO)c1C=O. The quantitative estimate of drug-likeness (QED) is 0.404. The zero-order valence-electron chi connectivity index (χ0n) is 7.10. The minimum atomic E-state index is -0.0285. The van der Waals surface area contributed by atoms with Crippen LogP contribution >= 0.6 is 0 Å². The number of nitrogens with zero attached hydrogens (tertiary/aromatic N) is 2. The molecule has 0 aliphatic heterocycles. The average molecular weight is 184 g/mol. The molecule has 0 aliphatic carbocycles. The first kappa shape index (κ1) is 9.69. The molecule has 0 aromatic carbocycles. The van der Waals surface area contributed by atoms with Gasteiger partial charge in [-0.25, -0.2) is 4.98 Å². The van der Waals surface area contributed by atoms with E-state index in [1.165, 1.54) is 6.33 Å². The first-order valence-corrected chi connectivity index (χ1v) is 3.88. The topological polar surface area (TPSA) is 93.2 Å². The van der Waals surface area contributed by atoms with Crippen molar-refractivity contribution in [3.8, 4) is 0 Å². The van der Waals surface area contributed by atoms with Crippen LogP contribution in [-0.2, 0) is 6.54 Å². The Morgan fingerprint density at radius 1 is 1.77 bits per heavy atom. The van der Waals surface area contributed by atoms with Crippen molar-refractivity contribution >= 4 is 12.1 Å². The van der Waals surface area contributed by atoms with Crippen LogP contribution < -0.4 is 11.1 Å². The van der Waals surface area contributed by atoms with Gasteiger partial charge in [0.25, 0.3) is 0 Å². The number of nitrogens with two attached hydrogens (primary N) is 1. The first-order valence-electron chi connectivity index (χ1n) is 3.88. The highest BCUT2D eigenvalue weighted by Gasteiger charge is 2.07. The molecule has 6 nitrogen and oxygen atoms in total. The van der Waals surface area contributed by atoms with Crippen LogP contribution in [0.15, 0.2) is 6.33 Å². The van der Waals surface area contributed by atoms with Gasteiger partial charge >= 0.3 is 0 Å². The molecule has 6 heteroatoms. The molecule has 0 spiro atoms. The van der Waals surface area contributed by atoms with Crippen LogP contribution in [0.1, 0.15) is 10.5 Å². The molecule has 0 amide bonds. The molecule has 72 valence electrons. The summed E-state index contributed by atoms with van der Waals surface area (Å²) in [4.78, 5) is 14.6. The third-order valence-electron chi connectivity index (χ3n) is 1.60. The molecular formula is C7H12N4O2. The van der Waals surface area contributed by atoms with Gasteiger partial charge in [0.2, 0.25) is 0 Å². The van der Waals surface area contributed by atoms with Crippen molar-refractivity contribution in [2.75, 3.05) is 18.6 Å². The highest BCUT2D eigenvalue weighted by Crippen LogP contribution is 2.09. The highest BCUT2D eigenvalue weighted by molar-refractivity contribution is 5.80. The van der Waals surface area contributed by atoms with Crippen LogP contribution in [0, 0.1) is 0 Å². The van der Waals surface area contributed by atoms with Crippen LogP contribution in [0.2, 0.25) is 0 Å². The summed E-state index contributed by atoms with van der Waals surface area (Å²) in [5.41, 5.74) is 5.64. The Hall–Kier alpha value is -1.40. The Balaban J connectivity index is 2.89. The summed E-state index contributed by atoms with van der Waals surface area (Å²) in [7, 11) is 0. The molecule has 1 rings (SSSR count). The number of nitrogens with one attached hydrogen (secondary N) is 1. The number of aliphatic hydroxyl groups is 1. The van der Waals surface area contributed by atoms with Gasteiger partial charge in [0.05, 0.1) is 19.6 Å². The van der Waals surface area contributed by atoms with E-state index in [0.29, 0.717) is 24.3 Å². The Morgan fingerprint density at radius 3 is 3.08 bits per heavy atom. The molecule has 0 radical (unpaired) electrons. The van der Waals surface area contributed by atoms with Gasteiger partial charge in [-0.3, -0.25) is 4.79 Å². The summed E-state index contributed by atoms with van der Waals surface area (Å²) in [6.45, 7) is 0.545. The van der Waals surface area contributed by atoms with Gasteiger partial charge in [-0.1, -0.05) is 0 Å². The number of aldehydes is 1. The molecule has 0 unspecified atom stereocenters. The fraction of sp³-hybridized carbons (Fsp3) is 0.429. The predicted octanol–water partition coefficient (Wildman–Crippen LogP) is -0.984. The molecule has 13 heavy (non-hydrogen) atoms. The largest absolute Gasteiger partial charge is 0.395 e. The van der Waals surface area contributed by atoms with Crippen molar-refractivity contribution in [3.05, 3.63) is 12.0 Å². The lowest BCUT2D eigenvalue weighted by atomic mass is 10.4. The zero-order chi connectivity index (χ0) is 9.68. The van der Waals surface area contributed by atoms with Gasteiger partial charge < -0.3 is 20.7 Å². The fourth-order valence-corrected chi connectivity index (χ4v) is 1.03. The number of carbonyl (C=O) groups excluding carboxylic acids is 1. The average Bonchev–Trinajstić information content (AvgIpc) is 2.49. The van der Waals surface area contributed by atoms with Crippen LogP contribution in [0.4, 0.5) is 5.82 Å². The van der Waals surface area contributed by atoms with E-state index in [2.05, 4.69) is 10.3 Å². The van der Waals surface area contributed by atoms with Crippen molar-refractivity contribution in [2.24, 2.45) is 5.73 Å². The number of imidazole rings is 1. The maximum absolute atomic E-state index is 10.6. The van der Waals surface area contributed by atoms with Crippen LogP contribution in [0.5, 0.6) is 0 Å². The van der Waals surface area contributed by atoms with Gasteiger partial charge in [-0.15, -0.1) is 0 Å². The van der Waals surface area contributed by atoms with Gasteiger partial charge in [0.1, 0.15) is 5.69 Å². The number of anilines is 1. The van der Waals surface area contributed by atoms with Crippen molar-refractivity contribution in [1.82, 2.24) is 9.55 Å². The van der Waals surface area contributed by atoms with E-state index in [1.54, 1.807) is 4.57 Å². The second-order valence-corrected chi connectivity index (χ2v) is 2.39. The molecule has 1 aromatic heterocycles. The standard InChI is InChI=1S/C7H12N4O2/c8-4-9-7-6(3-13)11(1-2-12)5-10-7/h3,5,9,12H,1-2,4,8H2. The third kappa shape index (κ3) is 2.04. The normalized spacial score (nSPS) is 10.0. The molecule has 0 aliphatic rings. The molecule has 1 aromatic rings. The molecule has 0 saturated heterocycles. The Labute approximate surface area is 75.4 Å². The smallest absolute Gasteiger partial charge is 0.170 e. The van der Waals surface area contributed by atoms with Crippen molar-refractivity contribution in [3.63, 3.8) is 0 Å². The molecule has 0 bridgehead atoms. The number of hydrogen-bond acceptors (Lipinski definition) is 5. The lowest BCUT2D eigenvalue weighted by molar-refractivity contribution is 0.111. The minimum absolute atomic E-state index is 0.0285. The Kier molecular flexibility index (Phi) is 3.41. The molecule has 0 saturated carbocycles. The summed E-state index contributed by atoms with van der Waals surface area (Å²) in [6, 6.07) is 0. The zero-order valence-corrected chi connectivity index (χ0v) is 7.10. The number of aromatic nitrogens is 2. The summed E-state index contributed by atoms with van der Waals surface area (Å²) in [5, 5.41) is 11.4. The van der Waals surface area contributed by atoms with E-state index >= 15 is 0 Å². The lowest BCUT2D eigenvalue weighted by Gasteiger charge is -2.02. The monoisotopic (exact) mass is 184 g/mol. The maximum Gasteiger partial charge on any atom is 0.170 e. The van der Waals surface area contributed by atoms with Gasteiger partial charge in [0, 0.05) is 6.54 Å². The number of carbonyl (C=O) groups is 1. The predicted molar refractivity (Wildman–Crippen MR) is 47.4 cm³/mol.